The van der Waals surface area contributed by atoms with E-state index in [-0.39, 0.29) is 0 Å². The third kappa shape index (κ3) is 1.20. The molecule has 0 radical (unpaired) electrons. The van der Waals surface area contributed by atoms with E-state index in [9.17, 15) is 0 Å². The van der Waals surface area contributed by atoms with Crippen LogP contribution in [0, 0.1) is 13.8 Å². The molecule has 0 saturated carbocycles. The number of aryl methyl sites for hydroxylation is 1. The van der Waals surface area contributed by atoms with Crippen molar-refractivity contribution in [1.29, 1.82) is 0 Å². The molecule has 2 heterocycles. The quantitative estimate of drug-likeness (QED) is 0.726. The van der Waals surface area contributed by atoms with Crippen molar-refractivity contribution in [1.82, 2.24) is 5.16 Å². The number of nitrogens with zero attached hydrogens (tertiary/aromatic N) is 1. The maximum Gasteiger partial charge on any atom is 0.207 e. The van der Waals surface area contributed by atoms with Gasteiger partial charge in [0, 0.05) is 5.56 Å². The van der Waals surface area contributed by atoms with Crippen LogP contribution in [0.15, 0.2) is 21.1 Å². The van der Waals surface area contributed by atoms with Crippen LogP contribution in [0.3, 0.4) is 0 Å². The molecule has 0 atom stereocenters. The summed E-state index contributed by atoms with van der Waals surface area (Å²) in [5, 5.41) is 3.64. The first-order valence-electron chi connectivity index (χ1n) is 3.97. The van der Waals surface area contributed by atoms with E-state index in [4.69, 9.17) is 14.7 Å². The second-order valence-electron chi connectivity index (χ2n) is 2.93. The van der Waals surface area contributed by atoms with Gasteiger partial charge in [0.1, 0.15) is 5.76 Å². The van der Waals surface area contributed by atoms with Crippen molar-refractivity contribution in [2.45, 2.75) is 13.8 Å². The molecule has 0 bridgehead atoms. The van der Waals surface area contributed by atoms with E-state index in [1.807, 2.05) is 26.0 Å². The first-order valence-corrected chi connectivity index (χ1v) is 3.97. The monoisotopic (exact) mass is 178 g/mol. The van der Waals surface area contributed by atoms with Gasteiger partial charge in [-0.1, -0.05) is 5.16 Å². The summed E-state index contributed by atoms with van der Waals surface area (Å²) < 4.78 is 10.4. The Bertz CT molecular complexity index is 429. The van der Waals surface area contributed by atoms with E-state index in [0.717, 1.165) is 11.3 Å². The van der Waals surface area contributed by atoms with Crippen LogP contribution in [-0.2, 0) is 0 Å². The third-order valence-corrected chi connectivity index (χ3v) is 1.92. The molecule has 0 fully saturated rings. The highest BCUT2D eigenvalue weighted by molar-refractivity contribution is 5.60. The average molecular weight is 178 g/mol. The molecule has 2 aromatic rings. The van der Waals surface area contributed by atoms with Crippen LogP contribution in [-0.4, -0.2) is 5.16 Å². The van der Waals surface area contributed by atoms with Gasteiger partial charge in [-0.25, -0.2) is 0 Å². The number of furan rings is 1. The molecule has 0 amide bonds. The summed E-state index contributed by atoms with van der Waals surface area (Å²) in [6.07, 6.45) is 0. The van der Waals surface area contributed by atoms with Crippen LogP contribution < -0.4 is 5.73 Å². The molecule has 2 N–H and O–H groups in total. The van der Waals surface area contributed by atoms with E-state index >= 15 is 0 Å². The van der Waals surface area contributed by atoms with Crippen molar-refractivity contribution in [3.63, 3.8) is 0 Å². The molecule has 2 rings (SSSR count). The number of hydrogen-bond donors (Lipinski definition) is 1. The van der Waals surface area contributed by atoms with Gasteiger partial charge in [-0.2, -0.15) is 0 Å². The van der Waals surface area contributed by atoms with Crippen molar-refractivity contribution in [2.75, 3.05) is 5.73 Å². The lowest BCUT2D eigenvalue weighted by Gasteiger charge is -1.90. The zero-order chi connectivity index (χ0) is 9.42. The Morgan fingerprint density at radius 2 is 2.08 bits per heavy atom. The first-order chi connectivity index (χ1) is 6.18. The predicted molar refractivity (Wildman–Crippen MR) is 48.1 cm³/mol. The van der Waals surface area contributed by atoms with E-state index in [1.165, 1.54) is 0 Å². The Hall–Kier alpha value is -1.71. The van der Waals surface area contributed by atoms with Gasteiger partial charge < -0.3 is 14.7 Å². The molecule has 0 aromatic carbocycles. The molecule has 2 aromatic heterocycles. The minimum absolute atomic E-state index is 0.407. The lowest BCUT2D eigenvalue weighted by Crippen LogP contribution is -1.85. The van der Waals surface area contributed by atoms with Gasteiger partial charge in [0.25, 0.3) is 0 Å². The molecule has 4 heteroatoms. The molecule has 13 heavy (non-hydrogen) atoms. The van der Waals surface area contributed by atoms with Crippen LogP contribution in [0.2, 0.25) is 0 Å². The molecule has 4 nitrogen and oxygen atoms in total. The Labute approximate surface area is 75.3 Å². The number of aromatic nitrogens is 1. The summed E-state index contributed by atoms with van der Waals surface area (Å²) >= 11 is 0. The standard InChI is InChI=1S/C9H10N2O2/c1-5-3-4-7(12-5)8-6(2)9(10)11-13-8/h3-4H,1-2H3,(H2,10,11). The Balaban J connectivity index is 2.52. The summed E-state index contributed by atoms with van der Waals surface area (Å²) in [6.45, 7) is 3.72. The number of anilines is 1. The van der Waals surface area contributed by atoms with Gasteiger partial charge in [-0.05, 0) is 26.0 Å². The number of nitrogens with two attached hydrogens (primary N) is 1. The molecule has 0 unspecified atom stereocenters. The number of hydrogen-bond acceptors (Lipinski definition) is 4. The molecule has 68 valence electrons. The number of rotatable bonds is 1. The van der Waals surface area contributed by atoms with Crippen LogP contribution in [0.1, 0.15) is 11.3 Å². The first kappa shape index (κ1) is 7.91. The van der Waals surface area contributed by atoms with Gasteiger partial charge >= 0.3 is 0 Å². The largest absolute Gasteiger partial charge is 0.458 e. The molecule has 0 aliphatic carbocycles. The van der Waals surface area contributed by atoms with Crippen molar-refractivity contribution in [3.05, 3.63) is 23.5 Å². The van der Waals surface area contributed by atoms with Crippen LogP contribution >= 0.6 is 0 Å². The van der Waals surface area contributed by atoms with Crippen molar-refractivity contribution < 1.29 is 8.94 Å². The summed E-state index contributed by atoms with van der Waals surface area (Å²) in [6, 6.07) is 3.70. The Morgan fingerprint density at radius 3 is 2.54 bits per heavy atom. The number of nitrogen functional groups attached to an aromatic ring is 1. The van der Waals surface area contributed by atoms with Crippen LogP contribution in [0.25, 0.3) is 11.5 Å². The van der Waals surface area contributed by atoms with Crippen molar-refractivity contribution >= 4 is 5.82 Å². The van der Waals surface area contributed by atoms with Crippen LogP contribution in [0.4, 0.5) is 5.82 Å². The topological polar surface area (TPSA) is 65.2 Å². The van der Waals surface area contributed by atoms with E-state index in [2.05, 4.69) is 5.16 Å². The third-order valence-electron chi connectivity index (χ3n) is 1.92. The normalized spacial score (nSPS) is 10.6. The summed E-state index contributed by atoms with van der Waals surface area (Å²) in [5.41, 5.74) is 6.35. The van der Waals surface area contributed by atoms with Gasteiger partial charge in [-0.15, -0.1) is 0 Å². The summed E-state index contributed by atoms with van der Waals surface area (Å²) in [7, 11) is 0. The maximum atomic E-state index is 5.54. The van der Waals surface area contributed by atoms with E-state index in [1.54, 1.807) is 0 Å². The molecule has 0 saturated heterocycles. The Kier molecular flexibility index (Phi) is 1.62. The average Bonchev–Trinajstić information content (AvgIpc) is 2.62. The van der Waals surface area contributed by atoms with Crippen LogP contribution in [0.5, 0.6) is 0 Å². The highest BCUT2D eigenvalue weighted by Crippen LogP contribution is 2.27. The maximum absolute atomic E-state index is 5.54. The lowest BCUT2D eigenvalue weighted by molar-refractivity contribution is 0.417. The highest BCUT2D eigenvalue weighted by atomic mass is 16.5. The molecular weight excluding hydrogens is 168 g/mol. The van der Waals surface area contributed by atoms with Crippen molar-refractivity contribution in [2.24, 2.45) is 0 Å². The van der Waals surface area contributed by atoms with E-state index in [0.29, 0.717) is 17.3 Å². The van der Waals surface area contributed by atoms with Gasteiger partial charge in [0.2, 0.25) is 5.76 Å². The summed E-state index contributed by atoms with van der Waals surface area (Å²) in [5.74, 6) is 2.51. The highest BCUT2D eigenvalue weighted by Gasteiger charge is 2.13. The molecule has 0 spiro atoms. The van der Waals surface area contributed by atoms with Crippen molar-refractivity contribution in [3.8, 4) is 11.5 Å². The smallest absolute Gasteiger partial charge is 0.207 e. The van der Waals surface area contributed by atoms with E-state index < -0.39 is 0 Å². The van der Waals surface area contributed by atoms with Gasteiger partial charge in [0.15, 0.2) is 11.6 Å². The fraction of sp³-hybridized carbons (Fsp3) is 0.222. The Morgan fingerprint density at radius 1 is 1.31 bits per heavy atom. The fourth-order valence-corrected chi connectivity index (χ4v) is 1.13. The lowest BCUT2D eigenvalue weighted by atomic mass is 10.2. The molecular formula is C9H10N2O2. The van der Waals surface area contributed by atoms with Gasteiger partial charge in [0.05, 0.1) is 0 Å². The fourth-order valence-electron chi connectivity index (χ4n) is 1.13. The zero-order valence-electron chi connectivity index (χ0n) is 7.50. The van der Waals surface area contributed by atoms with Gasteiger partial charge in [-0.3, -0.25) is 0 Å². The summed E-state index contributed by atoms with van der Waals surface area (Å²) in [4.78, 5) is 0. The molecule has 0 aliphatic heterocycles. The second-order valence-corrected chi connectivity index (χ2v) is 2.93. The minimum atomic E-state index is 0.407. The SMILES string of the molecule is Cc1ccc(-c2onc(N)c2C)o1. The predicted octanol–water partition coefficient (Wildman–Crippen LogP) is 2.13. The second kappa shape index (κ2) is 2.65. The zero-order valence-corrected chi connectivity index (χ0v) is 7.50. The molecule has 0 aliphatic rings. The minimum Gasteiger partial charge on any atom is -0.458 e.